The highest BCUT2D eigenvalue weighted by Crippen LogP contribution is 2.23. The average molecular weight is 410 g/mol. The maximum absolute atomic E-state index is 12.8. The molecule has 0 saturated carbocycles. The molecule has 0 aromatic carbocycles. The number of hydrogen-bond acceptors (Lipinski definition) is 8. The molecule has 29 heavy (non-hydrogen) atoms. The lowest BCUT2D eigenvalue weighted by molar-refractivity contribution is -0.137. The molecular weight excluding hydrogens is 396 g/mol. The predicted octanol–water partition coefficient (Wildman–Crippen LogP) is 1.07. The van der Waals surface area contributed by atoms with Crippen LogP contribution in [0.2, 0.25) is 0 Å². The number of H-pyrrole nitrogens is 1. The second-order valence-electron chi connectivity index (χ2n) is 6.13. The maximum Gasteiger partial charge on any atom is 0.287 e. The van der Waals surface area contributed by atoms with E-state index in [9.17, 15) is 14.4 Å². The number of hydrogen-bond donors (Lipinski definition) is 3. The van der Waals surface area contributed by atoms with Crippen molar-refractivity contribution in [1.29, 1.82) is 0 Å². The van der Waals surface area contributed by atoms with Gasteiger partial charge in [0.05, 0.1) is 23.7 Å². The highest BCUT2D eigenvalue weighted by Gasteiger charge is 2.29. The molecule has 4 N–H and O–H groups in total. The van der Waals surface area contributed by atoms with Gasteiger partial charge in [0, 0.05) is 36.0 Å². The number of carbonyl (C=O) groups excluding carboxylic acids is 3. The summed E-state index contributed by atoms with van der Waals surface area (Å²) in [5, 5.41) is 3.28. The third-order valence-corrected chi connectivity index (χ3v) is 4.81. The van der Waals surface area contributed by atoms with E-state index in [1.165, 1.54) is 6.26 Å². The third kappa shape index (κ3) is 3.62. The lowest BCUT2D eigenvalue weighted by Gasteiger charge is -2.15. The first-order valence-corrected chi connectivity index (χ1v) is 9.19. The Balaban J connectivity index is 1.61. The minimum atomic E-state index is -1.19. The largest absolute Gasteiger partial charge is 0.462 e. The van der Waals surface area contributed by atoms with Crippen LogP contribution in [0.3, 0.4) is 0 Å². The number of pyridine rings is 1. The number of aromatic amines is 1. The Morgan fingerprint density at radius 3 is 2.86 bits per heavy atom. The van der Waals surface area contributed by atoms with Crippen molar-refractivity contribution in [2.75, 3.05) is 0 Å². The van der Waals surface area contributed by atoms with Crippen LogP contribution in [0, 0.1) is 0 Å². The van der Waals surface area contributed by atoms with E-state index in [1.807, 2.05) is 0 Å². The Kier molecular flexibility index (Phi) is 4.87. The second-order valence-corrected chi connectivity index (χ2v) is 6.66. The molecule has 1 atom stereocenters. The van der Waals surface area contributed by atoms with Crippen LogP contribution >= 0.6 is 11.7 Å². The van der Waals surface area contributed by atoms with E-state index in [2.05, 4.69) is 24.0 Å². The van der Waals surface area contributed by atoms with Gasteiger partial charge >= 0.3 is 0 Å². The third-order valence-electron chi connectivity index (χ3n) is 4.28. The number of aromatic nitrogens is 4. The van der Waals surface area contributed by atoms with E-state index in [-0.39, 0.29) is 17.8 Å². The molecular formula is C18H14N6O4S. The maximum atomic E-state index is 12.8. The summed E-state index contributed by atoms with van der Waals surface area (Å²) in [6.45, 7) is 0. The van der Waals surface area contributed by atoms with E-state index in [4.69, 9.17) is 10.2 Å². The lowest BCUT2D eigenvalue weighted by Crippen LogP contribution is -2.47. The van der Waals surface area contributed by atoms with Crippen LogP contribution in [0.5, 0.6) is 0 Å². The first-order chi connectivity index (χ1) is 14.0. The smallest absolute Gasteiger partial charge is 0.287 e. The van der Waals surface area contributed by atoms with E-state index >= 15 is 0 Å². The molecule has 146 valence electrons. The summed E-state index contributed by atoms with van der Waals surface area (Å²) >= 11 is 0.843. The molecule has 0 aliphatic rings. The standard InChI is InChI=1S/C18H14N6O4S/c19-17(26)16(25)12(5-9-8-28-13-7-20-6-10(9)13)22-18(27)15-14(23-29-24-15)11-3-1-2-4-21-11/h1-4,6-8,12,20H,5H2,(H2,19,26)(H,22,27). The van der Waals surface area contributed by atoms with Crippen molar-refractivity contribution < 1.29 is 18.8 Å². The van der Waals surface area contributed by atoms with Gasteiger partial charge in [-0.25, -0.2) is 0 Å². The second kappa shape index (κ2) is 7.64. The molecule has 4 heterocycles. The first-order valence-electron chi connectivity index (χ1n) is 8.46. The Morgan fingerprint density at radius 2 is 2.10 bits per heavy atom. The molecule has 0 aliphatic heterocycles. The fourth-order valence-electron chi connectivity index (χ4n) is 2.89. The van der Waals surface area contributed by atoms with Crippen LogP contribution in [0.15, 0.2) is 47.5 Å². The molecule has 0 spiro atoms. The van der Waals surface area contributed by atoms with Gasteiger partial charge in [-0.05, 0) is 12.1 Å². The minimum Gasteiger partial charge on any atom is -0.462 e. The van der Waals surface area contributed by atoms with E-state index < -0.39 is 23.6 Å². The quantitative estimate of drug-likeness (QED) is 0.385. The Bertz CT molecular complexity index is 1200. The Labute approximate surface area is 167 Å². The van der Waals surface area contributed by atoms with Crippen molar-refractivity contribution in [2.45, 2.75) is 12.5 Å². The minimum absolute atomic E-state index is 0.00922. The number of furan rings is 1. The zero-order valence-electron chi connectivity index (χ0n) is 14.8. The van der Waals surface area contributed by atoms with E-state index in [1.54, 1.807) is 36.8 Å². The summed E-state index contributed by atoms with van der Waals surface area (Å²) in [6.07, 6.45) is 6.41. The topological polar surface area (TPSA) is 157 Å². The van der Waals surface area contributed by atoms with Gasteiger partial charge in [-0.2, -0.15) is 8.75 Å². The van der Waals surface area contributed by atoms with Crippen molar-refractivity contribution in [3.05, 3.63) is 54.3 Å². The van der Waals surface area contributed by atoms with Crippen molar-refractivity contribution in [3.8, 4) is 11.4 Å². The van der Waals surface area contributed by atoms with Gasteiger partial charge in [0.15, 0.2) is 11.3 Å². The van der Waals surface area contributed by atoms with E-state index in [0.29, 0.717) is 16.8 Å². The van der Waals surface area contributed by atoms with Gasteiger partial charge in [0.2, 0.25) is 5.78 Å². The molecule has 4 rings (SSSR count). The summed E-state index contributed by atoms with van der Waals surface area (Å²) in [5.74, 6) is -2.73. The molecule has 10 nitrogen and oxygen atoms in total. The van der Waals surface area contributed by atoms with Crippen molar-refractivity contribution >= 4 is 40.3 Å². The molecule has 0 saturated heterocycles. The van der Waals surface area contributed by atoms with Gasteiger partial charge < -0.3 is 20.5 Å². The van der Waals surface area contributed by atoms with Gasteiger partial charge in [0.1, 0.15) is 11.7 Å². The van der Waals surface area contributed by atoms with Crippen LogP contribution in [-0.2, 0) is 16.0 Å². The number of rotatable bonds is 7. The number of nitrogens with zero attached hydrogens (tertiary/aromatic N) is 3. The van der Waals surface area contributed by atoms with Gasteiger partial charge in [0.25, 0.3) is 11.8 Å². The molecule has 0 bridgehead atoms. The summed E-state index contributed by atoms with van der Waals surface area (Å²) in [6, 6.07) is 3.99. The predicted molar refractivity (Wildman–Crippen MR) is 103 cm³/mol. The lowest BCUT2D eigenvalue weighted by atomic mass is 10.0. The summed E-state index contributed by atoms with van der Waals surface area (Å²) in [4.78, 5) is 43.7. The van der Waals surface area contributed by atoms with Crippen LogP contribution in [0.25, 0.3) is 22.4 Å². The number of carbonyl (C=O) groups is 3. The van der Waals surface area contributed by atoms with Crippen molar-refractivity contribution in [2.24, 2.45) is 5.73 Å². The molecule has 0 aliphatic carbocycles. The van der Waals surface area contributed by atoms with Gasteiger partial charge in [-0.1, -0.05) is 6.07 Å². The number of ketones is 1. The monoisotopic (exact) mass is 410 g/mol. The highest BCUT2D eigenvalue weighted by atomic mass is 32.1. The average Bonchev–Trinajstić information content (AvgIpc) is 3.45. The highest BCUT2D eigenvalue weighted by molar-refractivity contribution is 6.99. The SMILES string of the molecule is NC(=O)C(=O)C(Cc1coc2c[nH]cc12)NC(=O)c1nsnc1-c1ccccn1. The molecule has 0 radical (unpaired) electrons. The molecule has 2 amide bonds. The Morgan fingerprint density at radius 1 is 1.24 bits per heavy atom. The van der Waals surface area contributed by atoms with Crippen LogP contribution in [0.4, 0.5) is 0 Å². The number of nitrogens with two attached hydrogens (primary N) is 1. The van der Waals surface area contributed by atoms with Crippen LogP contribution in [0.1, 0.15) is 16.1 Å². The number of primary amides is 1. The fraction of sp³-hybridized carbons (Fsp3) is 0.111. The molecule has 4 aromatic rings. The van der Waals surface area contributed by atoms with E-state index in [0.717, 1.165) is 17.1 Å². The summed E-state index contributed by atoms with van der Waals surface area (Å²) in [5.41, 5.74) is 7.17. The zero-order valence-corrected chi connectivity index (χ0v) is 15.6. The van der Waals surface area contributed by atoms with Crippen molar-refractivity contribution in [1.82, 2.24) is 24.0 Å². The number of amides is 2. The molecule has 0 fully saturated rings. The number of Topliss-reactive ketones (excluding diaryl/α,β-unsaturated/α-hetero) is 1. The van der Waals surface area contributed by atoms with Crippen LogP contribution in [-0.4, -0.2) is 42.4 Å². The zero-order chi connectivity index (χ0) is 20.4. The fourth-order valence-corrected chi connectivity index (χ4v) is 3.44. The summed E-state index contributed by atoms with van der Waals surface area (Å²) < 4.78 is 13.5. The van der Waals surface area contributed by atoms with Gasteiger partial charge in [-0.15, -0.1) is 0 Å². The van der Waals surface area contributed by atoms with Gasteiger partial charge in [-0.3, -0.25) is 19.4 Å². The van der Waals surface area contributed by atoms with Crippen molar-refractivity contribution in [3.63, 3.8) is 0 Å². The molecule has 11 heteroatoms. The summed E-state index contributed by atoms with van der Waals surface area (Å²) in [7, 11) is 0. The Hall–Kier alpha value is -3.86. The normalized spacial score (nSPS) is 12.0. The molecule has 1 unspecified atom stereocenters. The number of nitrogens with one attached hydrogen (secondary N) is 2. The molecule has 4 aromatic heterocycles. The first kappa shape index (κ1) is 18.5. The van der Waals surface area contributed by atoms with Crippen LogP contribution < -0.4 is 11.1 Å². The number of fused-ring (bicyclic) bond motifs is 1.